The molecule has 3 nitrogen and oxygen atoms in total. The van der Waals surface area contributed by atoms with Crippen molar-refractivity contribution < 1.29 is 9.47 Å². The molecule has 1 atom stereocenters. The zero-order valence-corrected chi connectivity index (χ0v) is 14.0. The summed E-state index contributed by atoms with van der Waals surface area (Å²) in [7, 11) is 0. The third-order valence-corrected chi connectivity index (χ3v) is 3.23. The van der Waals surface area contributed by atoms with Gasteiger partial charge in [-0.2, -0.15) is 0 Å². The summed E-state index contributed by atoms with van der Waals surface area (Å²) in [5.74, 6) is 1.51. The van der Waals surface area contributed by atoms with Crippen molar-refractivity contribution in [2.24, 2.45) is 5.92 Å². The standard InChI is InChI=1S/C18H31NO2/c1-5-12-20-13-6-11-19-16(4)17-7-9-18(10-8-17)21-14-15(2)3/h7-10,15-16,19H,5-6,11-14H2,1-4H3. The molecule has 0 heterocycles. The molecular formula is C18H31NO2. The van der Waals surface area contributed by atoms with E-state index in [9.17, 15) is 0 Å². The van der Waals surface area contributed by atoms with E-state index in [0.29, 0.717) is 12.0 Å². The summed E-state index contributed by atoms with van der Waals surface area (Å²) >= 11 is 0. The molecule has 1 N–H and O–H groups in total. The van der Waals surface area contributed by atoms with Crippen LogP contribution < -0.4 is 10.1 Å². The highest BCUT2D eigenvalue weighted by Gasteiger charge is 2.05. The number of benzene rings is 1. The van der Waals surface area contributed by atoms with Crippen LogP contribution in [0.1, 0.15) is 52.1 Å². The normalized spacial score (nSPS) is 12.6. The van der Waals surface area contributed by atoms with Gasteiger partial charge >= 0.3 is 0 Å². The van der Waals surface area contributed by atoms with Gasteiger partial charge in [0.25, 0.3) is 0 Å². The summed E-state index contributed by atoms with van der Waals surface area (Å²) in [6.07, 6.45) is 2.15. The maximum atomic E-state index is 5.70. The van der Waals surface area contributed by atoms with Crippen molar-refractivity contribution in [3.63, 3.8) is 0 Å². The fourth-order valence-electron chi connectivity index (χ4n) is 1.97. The Balaban J connectivity index is 2.25. The molecule has 21 heavy (non-hydrogen) atoms. The lowest BCUT2D eigenvalue weighted by molar-refractivity contribution is 0.132. The van der Waals surface area contributed by atoms with E-state index in [1.54, 1.807) is 0 Å². The first-order valence-corrected chi connectivity index (χ1v) is 8.17. The Labute approximate surface area is 130 Å². The molecule has 1 rings (SSSR count). The van der Waals surface area contributed by atoms with Gasteiger partial charge in [0.1, 0.15) is 5.75 Å². The Morgan fingerprint density at radius 3 is 2.38 bits per heavy atom. The summed E-state index contributed by atoms with van der Waals surface area (Å²) < 4.78 is 11.2. The molecule has 1 unspecified atom stereocenters. The van der Waals surface area contributed by atoms with Crippen molar-refractivity contribution in [2.45, 2.75) is 46.6 Å². The zero-order chi connectivity index (χ0) is 15.5. The molecule has 0 aliphatic carbocycles. The number of nitrogens with one attached hydrogen (secondary N) is 1. The minimum absolute atomic E-state index is 0.357. The fraction of sp³-hybridized carbons (Fsp3) is 0.667. The minimum atomic E-state index is 0.357. The molecule has 120 valence electrons. The molecule has 1 aromatic rings. The average Bonchev–Trinajstić information content (AvgIpc) is 2.49. The Kier molecular flexibility index (Phi) is 9.11. The van der Waals surface area contributed by atoms with Crippen LogP contribution in [0.4, 0.5) is 0 Å². The van der Waals surface area contributed by atoms with E-state index < -0.39 is 0 Å². The van der Waals surface area contributed by atoms with Crippen LogP contribution in [-0.2, 0) is 4.74 Å². The van der Waals surface area contributed by atoms with Gasteiger partial charge in [-0.25, -0.2) is 0 Å². The molecule has 0 amide bonds. The van der Waals surface area contributed by atoms with Crippen LogP contribution in [0.5, 0.6) is 5.75 Å². The third-order valence-electron chi connectivity index (χ3n) is 3.23. The summed E-state index contributed by atoms with van der Waals surface area (Å²) in [6, 6.07) is 8.75. The molecule has 3 heteroatoms. The lowest BCUT2D eigenvalue weighted by atomic mass is 10.1. The molecule has 0 aliphatic heterocycles. The Hall–Kier alpha value is -1.06. The lowest BCUT2D eigenvalue weighted by Crippen LogP contribution is -2.21. The van der Waals surface area contributed by atoms with E-state index in [4.69, 9.17) is 9.47 Å². The molecule has 1 aromatic carbocycles. The van der Waals surface area contributed by atoms with Gasteiger partial charge in [0.05, 0.1) is 6.61 Å². The molecule has 0 aromatic heterocycles. The van der Waals surface area contributed by atoms with Crippen LogP contribution >= 0.6 is 0 Å². The van der Waals surface area contributed by atoms with E-state index in [-0.39, 0.29) is 0 Å². The molecule has 0 bridgehead atoms. The first-order valence-electron chi connectivity index (χ1n) is 8.17. The van der Waals surface area contributed by atoms with E-state index in [1.165, 1.54) is 5.56 Å². The van der Waals surface area contributed by atoms with Crippen molar-refractivity contribution in [1.29, 1.82) is 0 Å². The summed E-state index contributed by atoms with van der Waals surface area (Å²) in [6.45, 7) is 12.1. The van der Waals surface area contributed by atoms with Crippen LogP contribution in [0.25, 0.3) is 0 Å². The molecule has 0 saturated carbocycles. The highest BCUT2D eigenvalue weighted by molar-refractivity contribution is 5.28. The Morgan fingerprint density at radius 1 is 1.05 bits per heavy atom. The van der Waals surface area contributed by atoms with Crippen molar-refractivity contribution in [3.05, 3.63) is 29.8 Å². The van der Waals surface area contributed by atoms with Gasteiger partial charge in [-0.3, -0.25) is 0 Å². The second-order valence-electron chi connectivity index (χ2n) is 5.92. The van der Waals surface area contributed by atoms with E-state index in [0.717, 1.165) is 45.0 Å². The second-order valence-corrected chi connectivity index (χ2v) is 5.92. The average molecular weight is 293 g/mol. The van der Waals surface area contributed by atoms with Gasteiger partial charge in [-0.05, 0) is 49.9 Å². The first kappa shape index (κ1) is 18.0. The molecule has 0 saturated heterocycles. The third kappa shape index (κ3) is 8.08. The van der Waals surface area contributed by atoms with Crippen molar-refractivity contribution in [2.75, 3.05) is 26.4 Å². The summed E-state index contributed by atoms with van der Waals surface area (Å²) in [5, 5.41) is 3.52. The molecule has 0 radical (unpaired) electrons. The molecular weight excluding hydrogens is 262 g/mol. The summed E-state index contributed by atoms with van der Waals surface area (Å²) in [4.78, 5) is 0. The SMILES string of the molecule is CCCOCCCNC(C)c1ccc(OCC(C)C)cc1. The van der Waals surface area contributed by atoms with Gasteiger partial charge in [0.2, 0.25) is 0 Å². The van der Waals surface area contributed by atoms with Gasteiger partial charge in [0.15, 0.2) is 0 Å². The van der Waals surface area contributed by atoms with Crippen LogP contribution in [-0.4, -0.2) is 26.4 Å². The lowest BCUT2D eigenvalue weighted by Gasteiger charge is -2.15. The van der Waals surface area contributed by atoms with Crippen LogP contribution in [0.15, 0.2) is 24.3 Å². The van der Waals surface area contributed by atoms with Crippen molar-refractivity contribution in [1.82, 2.24) is 5.32 Å². The Bertz CT molecular complexity index is 362. The van der Waals surface area contributed by atoms with E-state index in [1.807, 2.05) is 0 Å². The number of hydrogen-bond acceptors (Lipinski definition) is 3. The second kappa shape index (κ2) is 10.6. The predicted molar refractivity (Wildman–Crippen MR) is 88.9 cm³/mol. The maximum Gasteiger partial charge on any atom is 0.119 e. The number of hydrogen-bond donors (Lipinski definition) is 1. The van der Waals surface area contributed by atoms with E-state index >= 15 is 0 Å². The number of ether oxygens (including phenoxy) is 2. The highest BCUT2D eigenvalue weighted by Crippen LogP contribution is 2.18. The van der Waals surface area contributed by atoms with Crippen molar-refractivity contribution in [3.8, 4) is 5.75 Å². The van der Waals surface area contributed by atoms with E-state index in [2.05, 4.69) is 57.3 Å². The largest absolute Gasteiger partial charge is 0.493 e. The highest BCUT2D eigenvalue weighted by atomic mass is 16.5. The van der Waals surface area contributed by atoms with Gasteiger partial charge < -0.3 is 14.8 Å². The number of rotatable bonds is 11. The Morgan fingerprint density at radius 2 is 1.76 bits per heavy atom. The fourth-order valence-corrected chi connectivity index (χ4v) is 1.97. The monoisotopic (exact) mass is 293 g/mol. The topological polar surface area (TPSA) is 30.5 Å². The zero-order valence-electron chi connectivity index (χ0n) is 14.0. The van der Waals surface area contributed by atoms with Crippen molar-refractivity contribution >= 4 is 0 Å². The quantitative estimate of drug-likeness (QED) is 0.621. The van der Waals surface area contributed by atoms with Gasteiger partial charge in [-0.1, -0.05) is 32.9 Å². The smallest absolute Gasteiger partial charge is 0.119 e. The first-order chi connectivity index (χ1) is 10.1. The molecule has 0 fully saturated rings. The minimum Gasteiger partial charge on any atom is -0.493 e. The predicted octanol–water partition coefficient (Wildman–Crippen LogP) is 4.19. The van der Waals surface area contributed by atoms with Gasteiger partial charge in [-0.15, -0.1) is 0 Å². The molecule has 0 aliphatic rings. The van der Waals surface area contributed by atoms with Gasteiger partial charge in [0, 0.05) is 19.3 Å². The summed E-state index contributed by atoms with van der Waals surface area (Å²) in [5.41, 5.74) is 1.29. The van der Waals surface area contributed by atoms with Crippen LogP contribution in [0.2, 0.25) is 0 Å². The molecule has 0 spiro atoms. The van der Waals surface area contributed by atoms with Crippen LogP contribution in [0, 0.1) is 5.92 Å². The maximum absolute atomic E-state index is 5.70. The van der Waals surface area contributed by atoms with Crippen LogP contribution in [0.3, 0.4) is 0 Å².